The van der Waals surface area contributed by atoms with E-state index in [1.54, 1.807) is 0 Å². The summed E-state index contributed by atoms with van der Waals surface area (Å²) in [6.45, 7) is 1.41. The largest absolute Gasteiger partial charge is 0.417 e. The van der Waals surface area contributed by atoms with E-state index < -0.39 is 22.8 Å². The third-order valence-corrected chi connectivity index (χ3v) is 4.49. The molecule has 1 fully saturated rings. The second-order valence-corrected chi connectivity index (χ2v) is 6.57. The van der Waals surface area contributed by atoms with Gasteiger partial charge in [-0.1, -0.05) is 41.9 Å². The van der Waals surface area contributed by atoms with Crippen LogP contribution >= 0.6 is 11.6 Å². The molecule has 1 N–H and O–H groups in total. The number of alkyl halides is 3. The number of rotatable bonds is 3. The molecule has 1 heterocycles. The average Bonchev–Trinajstić information content (AvgIpc) is 3.03. The Morgan fingerprint density at radius 1 is 1.19 bits per heavy atom. The number of nitrogens with one attached hydrogen (secondary N) is 1. The van der Waals surface area contributed by atoms with Crippen molar-refractivity contribution in [2.75, 3.05) is 11.9 Å². The first-order valence-corrected chi connectivity index (χ1v) is 8.75. The third-order valence-electron chi connectivity index (χ3n) is 4.16. The number of carbonyl (C=O) groups is 1. The molecule has 27 heavy (non-hydrogen) atoms. The van der Waals surface area contributed by atoms with E-state index >= 15 is 0 Å². The monoisotopic (exact) mass is 395 g/mol. The molecule has 2 amide bonds. The van der Waals surface area contributed by atoms with Crippen molar-refractivity contribution in [2.45, 2.75) is 25.6 Å². The highest BCUT2D eigenvalue weighted by atomic mass is 35.5. The lowest BCUT2D eigenvalue weighted by Gasteiger charge is -2.18. The Bertz CT molecular complexity index is 853. The number of benzene rings is 2. The number of hydrogen-bond acceptors (Lipinski definition) is 1. The summed E-state index contributed by atoms with van der Waals surface area (Å²) in [4.78, 5) is 18.2. The number of carbonyl (C=O) groups excluding carboxylic acids is 1. The number of nitrogens with zero attached hydrogens (tertiary/aromatic N) is 2. The summed E-state index contributed by atoms with van der Waals surface area (Å²) in [6.07, 6.45) is -3.07. The van der Waals surface area contributed by atoms with Gasteiger partial charge in [0.1, 0.15) is 5.84 Å². The van der Waals surface area contributed by atoms with E-state index in [0.29, 0.717) is 18.8 Å². The second-order valence-electron chi connectivity index (χ2n) is 6.16. The third kappa shape index (κ3) is 5.01. The van der Waals surface area contributed by atoms with E-state index in [-0.39, 0.29) is 5.69 Å². The summed E-state index contributed by atoms with van der Waals surface area (Å²) < 4.78 is 38.8. The van der Waals surface area contributed by atoms with Crippen LogP contribution in [0.1, 0.15) is 24.0 Å². The lowest BCUT2D eigenvalue weighted by Crippen LogP contribution is -2.26. The summed E-state index contributed by atoms with van der Waals surface area (Å²) in [6, 6.07) is 12.3. The van der Waals surface area contributed by atoms with E-state index in [1.165, 1.54) is 6.07 Å². The number of hydrogen-bond donors (Lipinski definition) is 1. The smallest absolute Gasteiger partial charge is 0.356 e. The van der Waals surface area contributed by atoms with Gasteiger partial charge < -0.3 is 10.2 Å². The molecule has 0 aromatic heterocycles. The van der Waals surface area contributed by atoms with Crippen LogP contribution in [-0.4, -0.2) is 23.3 Å². The van der Waals surface area contributed by atoms with Crippen LogP contribution in [0.4, 0.5) is 23.7 Å². The highest BCUT2D eigenvalue weighted by molar-refractivity contribution is 6.31. The molecule has 1 aliphatic heterocycles. The molecule has 8 heteroatoms. The summed E-state index contributed by atoms with van der Waals surface area (Å²) in [5.41, 5.74) is 0.0925. The number of amidine groups is 1. The van der Waals surface area contributed by atoms with Gasteiger partial charge in [-0.25, -0.2) is 4.79 Å². The first-order valence-electron chi connectivity index (χ1n) is 8.37. The van der Waals surface area contributed by atoms with Crippen LogP contribution in [0.2, 0.25) is 5.02 Å². The van der Waals surface area contributed by atoms with Crippen LogP contribution in [0, 0.1) is 0 Å². The van der Waals surface area contributed by atoms with Gasteiger partial charge in [0.2, 0.25) is 0 Å². The molecule has 0 saturated carbocycles. The molecule has 2 aromatic rings. The second kappa shape index (κ2) is 8.00. The van der Waals surface area contributed by atoms with Crippen LogP contribution in [0.25, 0.3) is 0 Å². The van der Waals surface area contributed by atoms with Gasteiger partial charge in [0, 0.05) is 25.2 Å². The zero-order chi connectivity index (χ0) is 19.4. The van der Waals surface area contributed by atoms with Crippen molar-refractivity contribution < 1.29 is 18.0 Å². The lowest BCUT2D eigenvalue weighted by molar-refractivity contribution is -0.137. The molecule has 3 rings (SSSR count). The predicted octanol–water partition coefficient (Wildman–Crippen LogP) is 5.59. The average molecular weight is 396 g/mol. The maximum atomic E-state index is 12.9. The zero-order valence-corrected chi connectivity index (χ0v) is 15.0. The van der Waals surface area contributed by atoms with Crippen molar-refractivity contribution in [3.63, 3.8) is 0 Å². The van der Waals surface area contributed by atoms with E-state index in [9.17, 15) is 18.0 Å². The molecule has 0 unspecified atom stereocenters. The van der Waals surface area contributed by atoms with Crippen molar-refractivity contribution in [3.8, 4) is 0 Å². The predicted molar refractivity (Wildman–Crippen MR) is 99.0 cm³/mol. The van der Waals surface area contributed by atoms with Crippen LogP contribution in [-0.2, 0) is 12.7 Å². The number of urea groups is 1. The van der Waals surface area contributed by atoms with Crippen molar-refractivity contribution in [1.82, 2.24) is 4.90 Å². The van der Waals surface area contributed by atoms with E-state index in [2.05, 4.69) is 10.3 Å². The number of halogens is 4. The first kappa shape index (κ1) is 19.2. The maximum absolute atomic E-state index is 12.9. The van der Waals surface area contributed by atoms with Crippen LogP contribution in [0.5, 0.6) is 0 Å². The summed E-state index contributed by atoms with van der Waals surface area (Å²) in [7, 11) is 0. The number of amides is 2. The lowest BCUT2D eigenvalue weighted by atomic mass is 10.2. The highest BCUT2D eigenvalue weighted by Gasteiger charge is 2.33. The summed E-state index contributed by atoms with van der Waals surface area (Å²) in [5, 5.41) is 1.96. The highest BCUT2D eigenvalue weighted by Crippen LogP contribution is 2.36. The van der Waals surface area contributed by atoms with Gasteiger partial charge in [-0.05, 0) is 30.2 Å². The first-order chi connectivity index (χ1) is 12.8. The summed E-state index contributed by atoms with van der Waals surface area (Å²) >= 11 is 5.58. The molecule has 1 aliphatic rings. The SMILES string of the molecule is O=C(/N=C1/CCCN1Cc1ccccc1)Nc1ccc(Cl)c(C(F)(F)F)c1. The molecule has 4 nitrogen and oxygen atoms in total. The van der Waals surface area contributed by atoms with Crippen molar-refractivity contribution in [1.29, 1.82) is 0 Å². The fourth-order valence-electron chi connectivity index (χ4n) is 2.90. The summed E-state index contributed by atoms with van der Waals surface area (Å²) in [5.74, 6) is 0.626. The van der Waals surface area contributed by atoms with Gasteiger partial charge in [-0.15, -0.1) is 0 Å². The van der Waals surface area contributed by atoms with Crippen LogP contribution in [0.3, 0.4) is 0 Å². The van der Waals surface area contributed by atoms with Crippen LogP contribution < -0.4 is 5.32 Å². The van der Waals surface area contributed by atoms with Gasteiger partial charge in [-0.2, -0.15) is 18.2 Å². The minimum atomic E-state index is -4.60. The Morgan fingerprint density at radius 2 is 1.93 bits per heavy atom. The zero-order valence-electron chi connectivity index (χ0n) is 14.3. The fraction of sp³-hybridized carbons (Fsp3) is 0.263. The Balaban J connectivity index is 1.71. The van der Waals surface area contributed by atoms with Crippen molar-refractivity contribution >= 4 is 29.2 Å². The fourth-order valence-corrected chi connectivity index (χ4v) is 3.13. The molecule has 0 radical (unpaired) electrons. The van der Waals surface area contributed by atoms with Crippen LogP contribution in [0.15, 0.2) is 53.5 Å². The van der Waals surface area contributed by atoms with Crippen molar-refractivity contribution in [2.24, 2.45) is 4.99 Å². The maximum Gasteiger partial charge on any atom is 0.417 e. The molecule has 1 saturated heterocycles. The minimum Gasteiger partial charge on any atom is -0.356 e. The Morgan fingerprint density at radius 3 is 2.63 bits per heavy atom. The van der Waals surface area contributed by atoms with E-state index in [0.717, 1.165) is 30.7 Å². The van der Waals surface area contributed by atoms with Crippen molar-refractivity contribution in [3.05, 3.63) is 64.7 Å². The minimum absolute atomic E-state index is 0.00585. The van der Waals surface area contributed by atoms with Gasteiger partial charge in [-0.3, -0.25) is 0 Å². The Hall–Kier alpha value is -2.54. The molecule has 0 bridgehead atoms. The molecule has 142 valence electrons. The standard InChI is InChI=1S/C19H17ClF3N3O/c20-16-9-8-14(11-15(16)19(21,22)23)24-18(27)25-17-7-4-10-26(17)12-13-5-2-1-3-6-13/h1-3,5-6,8-9,11H,4,7,10,12H2,(H,24,27)/b25-17-. The van der Waals surface area contributed by atoms with Gasteiger partial charge in [0.25, 0.3) is 0 Å². The molecule has 0 atom stereocenters. The molecule has 0 spiro atoms. The van der Waals surface area contributed by atoms with Gasteiger partial charge in [0.05, 0.1) is 10.6 Å². The van der Waals surface area contributed by atoms with E-state index in [1.807, 2.05) is 35.2 Å². The normalized spacial score (nSPS) is 16.0. The molecular formula is C19H17ClF3N3O. The molecule has 0 aliphatic carbocycles. The van der Waals surface area contributed by atoms with Gasteiger partial charge >= 0.3 is 12.2 Å². The number of likely N-dealkylation sites (tertiary alicyclic amines) is 1. The van der Waals surface area contributed by atoms with Gasteiger partial charge in [0.15, 0.2) is 0 Å². The number of anilines is 1. The molecule has 2 aromatic carbocycles. The number of aliphatic imine (C=N–C) groups is 1. The molecular weight excluding hydrogens is 379 g/mol. The topological polar surface area (TPSA) is 44.7 Å². The Kier molecular flexibility index (Phi) is 5.70. The van der Waals surface area contributed by atoms with E-state index in [4.69, 9.17) is 11.6 Å². The Labute approximate surface area is 159 Å². The quantitative estimate of drug-likeness (QED) is 0.736.